The van der Waals surface area contributed by atoms with Gasteiger partial charge in [0.15, 0.2) is 18.9 Å². The largest absolute Gasteiger partial charge is 0.394 e. The quantitative estimate of drug-likeness (QED) is 0.0199. The first-order valence-electron chi connectivity index (χ1n) is 39.0. The second-order valence-electron chi connectivity index (χ2n) is 27.4. The highest BCUT2D eigenvalue weighted by Crippen LogP contribution is 2.33. The Kier molecular flexibility index (Phi) is 54.5. The molecule has 3 aliphatic rings. The predicted molar refractivity (Wildman–Crippen MR) is 392 cm³/mol. The number of amides is 1. The molecule has 0 aromatic rings. The zero-order valence-corrected chi connectivity index (χ0v) is 60.9. The van der Waals surface area contributed by atoms with E-state index in [0.717, 1.165) is 77.0 Å². The van der Waals surface area contributed by atoms with Crippen LogP contribution in [-0.4, -0.2) is 193 Å². The molecule has 99 heavy (non-hydrogen) atoms. The van der Waals surface area contributed by atoms with Gasteiger partial charge in [0, 0.05) is 6.42 Å². The molecule has 3 heterocycles. The van der Waals surface area contributed by atoms with E-state index in [2.05, 4.69) is 104 Å². The lowest BCUT2D eigenvalue weighted by atomic mass is 9.96. The molecule has 19 nitrogen and oxygen atoms in total. The minimum Gasteiger partial charge on any atom is -0.394 e. The number of aliphatic hydroxyl groups excluding tert-OH is 11. The molecule has 3 aliphatic heterocycles. The Morgan fingerprint density at radius 1 is 0.374 bits per heavy atom. The van der Waals surface area contributed by atoms with Gasteiger partial charge in [0.25, 0.3) is 0 Å². The highest BCUT2D eigenvalue weighted by molar-refractivity contribution is 5.76. The zero-order valence-electron chi connectivity index (χ0n) is 60.9. The van der Waals surface area contributed by atoms with Crippen LogP contribution in [0.15, 0.2) is 97.2 Å². The number of unbranched alkanes of at least 4 members (excludes halogenated alkanes) is 30. The number of ether oxygens (including phenoxy) is 6. The molecule has 0 spiro atoms. The molecular formula is C80H139NO18. The van der Waals surface area contributed by atoms with Crippen LogP contribution in [0.1, 0.15) is 271 Å². The fourth-order valence-electron chi connectivity index (χ4n) is 12.6. The van der Waals surface area contributed by atoms with E-state index in [-0.39, 0.29) is 18.9 Å². The van der Waals surface area contributed by atoms with Gasteiger partial charge < -0.3 is 89.9 Å². The van der Waals surface area contributed by atoms with Crippen molar-refractivity contribution in [2.24, 2.45) is 0 Å². The van der Waals surface area contributed by atoms with Crippen molar-refractivity contribution in [3.8, 4) is 0 Å². The summed E-state index contributed by atoms with van der Waals surface area (Å²) in [7, 11) is 0. The van der Waals surface area contributed by atoms with Crippen molar-refractivity contribution in [3.05, 3.63) is 97.2 Å². The van der Waals surface area contributed by atoms with E-state index in [4.69, 9.17) is 28.4 Å². The molecule has 0 radical (unpaired) electrons. The first kappa shape index (κ1) is 89.9. The maximum atomic E-state index is 13.4. The number of carbonyl (C=O) groups excluding carboxylic acids is 1. The van der Waals surface area contributed by atoms with E-state index in [1.807, 2.05) is 6.08 Å². The van der Waals surface area contributed by atoms with Crippen LogP contribution < -0.4 is 5.32 Å². The van der Waals surface area contributed by atoms with E-state index in [1.165, 1.54) is 161 Å². The highest BCUT2D eigenvalue weighted by Gasteiger charge is 2.53. The maximum Gasteiger partial charge on any atom is 0.220 e. The third-order valence-corrected chi connectivity index (χ3v) is 18.8. The van der Waals surface area contributed by atoms with Crippen molar-refractivity contribution in [1.82, 2.24) is 5.32 Å². The summed E-state index contributed by atoms with van der Waals surface area (Å²) in [5.41, 5.74) is 0. The first-order chi connectivity index (χ1) is 48.3. The molecule has 3 rings (SSSR count). The molecule has 0 bridgehead atoms. The topological polar surface area (TPSA) is 307 Å². The summed E-state index contributed by atoms with van der Waals surface area (Å²) < 4.78 is 34.3. The molecule has 19 heteroatoms. The summed E-state index contributed by atoms with van der Waals surface area (Å²) in [6, 6.07) is -0.998. The van der Waals surface area contributed by atoms with Crippen molar-refractivity contribution in [2.75, 3.05) is 26.4 Å². The fraction of sp³-hybridized carbons (Fsp3) is 0.787. The zero-order chi connectivity index (χ0) is 71.8. The highest BCUT2D eigenvalue weighted by atomic mass is 16.8. The minimum atomic E-state index is -1.98. The van der Waals surface area contributed by atoms with Crippen LogP contribution in [0.25, 0.3) is 0 Å². The molecule has 3 saturated heterocycles. The third kappa shape index (κ3) is 40.5. The molecule has 1 amide bonds. The maximum absolute atomic E-state index is 13.4. The van der Waals surface area contributed by atoms with E-state index in [9.17, 15) is 61.0 Å². The van der Waals surface area contributed by atoms with Crippen LogP contribution in [0.5, 0.6) is 0 Å². The Morgan fingerprint density at radius 3 is 1.13 bits per heavy atom. The first-order valence-corrected chi connectivity index (χ1v) is 39.0. The average Bonchev–Trinajstić information content (AvgIpc) is 0.785. The second-order valence-corrected chi connectivity index (χ2v) is 27.4. The third-order valence-electron chi connectivity index (χ3n) is 18.8. The predicted octanol–water partition coefficient (Wildman–Crippen LogP) is 12.4. The average molecular weight is 1400 g/mol. The monoisotopic (exact) mass is 1400 g/mol. The van der Waals surface area contributed by atoms with Crippen molar-refractivity contribution in [2.45, 2.75) is 375 Å². The van der Waals surface area contributed by atoms with Crippen molar-refractivity contribution in [3.63, 3.8) is 0 Å². The summed E-state index contributed by atoms with van der Waals surface area (Å²) in [5.74, 6) is -0.289. The Morgan fingerprint density at radius 2 is 0.707 bits per heavy atom. The van der Waals surface area contributed by atoms with Gasteiger partial charge in [-0.3, -0.25) is 4.79 Å². The van der Waals surface area contributed by atoms with Crippen LogP contribution in [0.4, 0.5) is 0 Å². The Bertz CT molecular complexity index is 2170. The molecule has 0 aromatic carbocycles. The standard InChI is InChI=1S/C80H139NO18/c1-3-5-7-9-11-13-15-17-18-19-20-21-22-23-24-25-26-27-28-29-30-31-32-33-34-35-36-37-38-39-40-41-42-43-44-46-48-50-52-54-56-58-68(86)81-63(64(85)57-55-53-51-49-47-45-16-14-12-10-8-6-4-2)62-94-78-74(92)71(89)76(66(60-83)96-78)99-80-75(93)72(90)77(67(61-84)97-80)98-79-73(91)70(88)69(87)65(59-82)95-79/h5,7,11-14,17-18,20-21,23-24,47,49,55,57,63-67,69-80,82-85,87-93H,3-4,6,8-10,15-16,19,22,25-46,48,50-54,56,58-62H2,1-2H3,(H,81,86)/b7-5-,13-11-,14-12+,18-17-,21-20-,24-23-,49-47+,57-55+. The molecule has 572 valence electrons. The molecule has 12 N–H and O–H groups in total. The lowest BCUT2D eigenvalue weighted by Gasteiger charge is -2.48. The summed E-state index contributed by atoms with van der Waals surface area (Å²) >= 11 is 0. The van der Waals surface area contributed by atoms with Gasteiger partial charge in [-0.05, 0) is 89.9 Å². The second kappa shape index (κ2) is 60.0. The Balaban J connectivity index is 1.28. The number of carbonyl (C=O) groups is 1. The van der Waals surface area contributed by atoms with Gasteiger partial charge >= 0.3 is 0 Å². The van der Waals surface area contributed by atoms with Crippen LogP contribution in [-0.2, 0) is 33.2 Å². The molecule has 0 aromatic heterocycles. The minimum absolute atomic E-state index is 0.232. The molecule has 0 aliphatic carbocycles. The summed E-state index contributed by atoms with van der Waals surface area (Å²) in [5, 5.41) is 120. The number of aliphatic hydroxyl groups is 11. The molecule has 3 fully saturated rings. The van der Waals surface area contributed by atoms with E-state index in [1.54, 1.807) is 6.08 Å². The Labute approximate surface area is 596 Å². The van der Waals surface area contributed by atoms with E-state index < -0.39 is 124 Å². The smallest absolute Gasteiger partial charge is 0.220 e. The van der Waals surface area contributed by atoms with Crippen LogP contribution >= 0.6 is 0 Å². The van der Waals surface area contributed by atoms with E-state index in [0.29, 0.717) is 12.8 Å². The van der Waals surface area contributed by atoms with Gasteiger partial charge in [-0.2, -0.15) is 0 Å². The van der Waals surface area contributed by atoms with Gasteiger partial charge in [-0.15, -0.1) is 0 Å². The van der Waals surface area contributed by atoms with Crippen molar-refractivity contribution in [1.29, 1.82) is 0 Å². The number of nitrogens with one attached hydrogen (secondary N) is 1. The van der Waals surface area contributed by atoms with Gasteiger partial charge in [0.2, 0.25) is 5.91 Å². The number of rotatable bonds is 60. The van der Waals surface area contributed by atoms with Gasteiger partial charge in [0.1, 0.15) is 73.2 Å². The van der Waals surface area contributed by atoms with Crippen LogP contribution in [0, 0.1) is 0 Å². The lowest BCUT2D eigenvalue weighted by molar-refractivity contribution is -0.379. The van der Waals surface area contributed by atoms with Gasteiger partial charge in [-0.25, -0.2) is 0 Å². The molecule has 17 atom stereocenters. The summed E-state index contributed by atoms with van der Waals surface area (Å²) in [6.45, 7) is 1.56. The molecular weight excluding hydrogens is 1260 g/mol. The lowest BCUT2D eigenvalue weighted by Crippen LogP contribution is -2.66. The van der Waals surface area contributed by atoms with Gasteiger partial charge in [-0.1, -0.05) is 272 Å². The van der Waals surface area contributed by atoms with E-state index >= 15 is 0 Å². The Hall–Kier alpha value is -3.29. The number of allylic oxidation sites excluding steroid dienone is 15. The molecule has 17 unspecified atom stereocenters. The number of hydrogen-bond donors (Lipinski definition) is 12. The van der Waals surface area contributed by atoms with Crippen LogP contribution in [0.3, 0.4) is 0 Å². The van der Waals surface area contributed by atoms with Crippen molar-refractivity contribution >= 4 is 5.91 Å². The fourth-order valence-corrected chi connectivity index (χ4v) is 12.6. The number of hydrogen-bond acceptors (Lipinski definition) is 18. The SMILES string of the molecule is CC/C=C\C/C=C\C/C=C\C/C=C\C/C=C\CCCCCCCCCCCCCCCCCCCCCCCCCCCC(=O)NC(COC1OC(CO)C(OC2OC(CO)C(OC3OC(CO)C(O)C(O)C3O)C(O)C2O)C(O)C1O)C(O)/C=C/CC/C=C/CC/C=C/CCCCC. The normalized spacial score (nSPS) is 27.1. The van der Waals surface area contributed by atoms with Gasteiger partial charge in [0.05, 0.1) is 38.6 Å². The summed E-state index contributed by atoms with van der Waals surface area (Å²) in [4.78, 5) is 13.4. The molecule has 0 saturated carbocycles. The van der Waals surface area contributed by atoms with Crippen molar-refractivity contribution < 1.29 is 89.4 Å². The van der Waals surface area contributed by atoms with Crippen LogP contribution in [0.2, 0.25) is 0 Å². The summed E-state index contributed by atoms with van der Waals surface area (Å²) in [6.07, 6.45) is 54.4.